The van der Waals surface area contributed by atoms with Crippen molar-refractivity contribution >= 4 is 20.9 Å². The third-order valence-corrected chi connectivity index (χ3v) is 4.70. The highest BCUT2D eigenvalue weighted by Gasteiger charge is 2.24. The van der Waals surface area contributed by atoms with Gasteiger partial charge in [0.1, 0.15) is 4.90 Å². The van der Waals surface area contributed by atoms with Crippen LogP contribution >= 0.6 is 0 Å². The van der Waals surface area contributed by atoms with E-state index in [1.807, 2.05) is 36.4 Å². The number of benzene rings is 3. The maximum absolute atomic E-state index is 11.5. The van der Waals surface area contributed by atoms with Gasteiger partial charge in [0.2, 0.25) is 0 Å². The molecular formula is C16H10O3S. The Morgan fingerprint density at radius 3 is 1.95 bits per heavy atom. The van der Waals surface area contributed by atoms with Crippen molar-refractivity contribution in [3.8, 4) is 22.3 Å². The van der Waals surface area contributed by atoms with Crippen molar-refractivity contribution in [3.05, 3.63) is 54.6 Å². The molecular weight excluding hydrogens is 272 g/mol. The van der Waals surface area contributed by atoms with Gasteiger partial charge in [-0.2, -0.15) is 8.42 Å². The summed E-state index contributed by atoms with van der Waals surface area (Å²) in [5.74, 6) is 0. The van der Waals surface area contributed by atoms with Crippen LogP contribution in [0.25, 0.3) is 33.0 Å². The normalized spacial score (nSPS) is 12.7. The predicted molar refractivity (Wildman–Crippen MR) is 78.2 cm³/mol. The first-order valence-corrected chi connectivity index (χ1v) is 7.64. The second-order valence-corrected chi connectivity index (χ2v) is 6.25. The zero-order valence-electron chi connectivity index (χ0n) is 10.4. The molecule has 0 aromatic heterocycles. The predicted octanol–water partition coefficient (Wildman–Crippen LogP) is 3.73. The molecule has 0 atom stereocenters. The third kappa shape index (κ3) is 1.40. The van der Waals surface area contributed by atoms with Gasteiger partial charge in [0.25, 0.3) is 10.1 Å². The highest BCUT2D eigenvalue weighted by atomic mass is 32.2. The summed E-state index contributed by atoms with van der Waals surface area (Å²) in [6, 6.07) is 16.7. The molecule has 3 aromatic carbocycles. The van der Waals surface area contributed by atoms with Gasteiger partial charge in [-0.3, -0.25) is 4.55 Å². The van der Waals surface area contributed by atoms with Crippen molar-refractivity contribution in [2.45, 2.75) is 4.90 Å². The zero-order valence-corrected chi connectivity index (χ0v) is 11.2. The molecule has 0 spiro atoms. The fourth-order valence-corrected chi connectivity index (χ4v) is 3.69. The number of hydrogen-bond acceptors (Lipinski definition) is 2. The fraction of sp³-hybridized carbons (Fsp3) is 0. The lowest BCUT2D eigenvalue weighted by Crippen LogP contribution is -1.99. The van der Waals surface area contributed by atoms with Gasteiger partial charge < -0.3 is 0 Å². The van der Waals surface area contributed by atoms with Crippen LogP contribution in [0.5, 0.6) is 0 Å². The second kappa shape index (κ2) is 3.69. The number of fused-ring (bicyclic) bond motifs is 3. The monoisotopic (exact) mass is 282 g/mol. The van der Waals surface area contributed by atoms with Gasteiger partial charge in [-0.05, 0) is 33.7 Å². The van der Waals surface area contributed by atoms with E-state index in [-0.39, 0.29) is 4.90 Å². The first-order valence-electron chi connectivity index (χ1n) is 6.20. The Morgan fingerprint density at radius 2 is 1.30 bits per heavy atom. The van der Waals surface area contributed by atoms with E-state index in [2.05, 4.69) is 0 Å². The summed E-state index contributed by atoms with van der Waals surface area (Å²) in [6.07, 6.45) is 0. The molecule has 98 valence electrons. The number of rotatable bonds is 1. The smallest absolute Gasteiger partial charge is 0.282 e. The van der Waals surface area contributed by atoms with Crippen LogP contribution in [-0.4, -0.2) is 13.0 Å². The Morgan fingerprint density at radius 1 is 0.700 bits per heavy atom. The van der Waals surface area contributed by atoms with Crippen molar-refractivity contribution in [3.63, 3.8) is 0 Å². The first-order chi connectivity index (χ1) is 9.57. The average Bonchev–Trinajstić information content (AvgIpc) is 2.75. The van der Waals surface area contributed by atoms with Gasteiger partial charge in [0, 0.05) is 5.39 Å². The summed E-state index contributed by atoms with van der Waals surface area (Å²) in [7, 11) is -4.22. The molecule has 0 fully saturated rings. The largest absolute Gasteiger partial charge is 0.295 e. The third-order valence-electron chi connectivity index (χ3n) is 3.79. The van der Waals surface area contributed by atoms with Gasteiger partial charge in [-0.15, -0.1) is 0 Å². The van der Waals surface area contributed by atoms with E-state index in [4.69, 9.17) is 0 Å². The van der Waals surface area contributed by atoms with E-state index in [0.717, 1.165) is 27.6 Å². The van der Waals surface area contributed by atoms with E-state index in [1.54, 1.807) is 12.1 Å². The van der Waals surface area contributed by atoms with Crippen LogP contribution in [-0.2, 0) is 10.1 Å². The molecule has 0 unspecified atom stereocenters. The van der Waals surface area contributed by atoms with Gasteiger partial charge >= 0.3 is 0 Å². The van der Waals surface area contributed by atoms with Crippen molar-refractivity contribution in [2.24, 2.45) is 0 Å². The Hall–Kier alpha value is -2.17. The van der Waals surface area contributed by atoms with Crippen LogP contribution in [0, 0.1) is 0 Å². The number of hydrogen-bond donors (Lipinski definition) is 1. The molecule has 4 heteroatoms. The Balaban J connectivity index is 2.24. The van der Waals surface area contributed by atoms with Gasteiger partial charge in [-0.1, -0.05) is 48.5 Å². The molecule has 0 saturated heterocycles. The summed E-state index contributed by atoms with van der Waals surface area (Å²) in [6.45, 7) is 0. The molecule has 1 aliphatic rings. The SMILES string of the molecule is O=S(=O)(O)c1ccc2c3c(cccc13)-c1ccccc1-2. The lowest BCUT2D eigenvalue weighted by molar-refractivity contribution is 0.484. The van der Waals surface area contributed by atoms with E-state index in [0.29, 0.717) is 5.39 Å². The Labute approximate surface area is 116 Å². The molecule has 3 nitrogen and oxygen atoms in total. The average molecular weight is 282 g/mol. The standard InChI is InChI=1S/C16H10O3S/c17-20(18,19)15-9-8-13-11-5-2-1-4-10(11)12-6-3-7-14(15)16(12)13/h1-9H,(H,17,18,19). The van der Waals surface area contributed by atoms with Gasteiger partial charge in [0.15, 0.2) is 0 Å². The molecule has 1 N–H and O–H groups in total. The minimum absolute atomic E-state index is 0.0362. The quantitative estimate of drug-likeness (QED) is 0.541. The highest BCUT2D eigenvalue weighted by molar-refractivity contribution is 7.86. The summed E-state index contributed by atoms with van der Waals surface area (Å²) in [5, 5.41) is 1.46. The lowest BCUT2D eigenvalue weighted by Gasteiger charge is -2.06. The van der Waals surface area contributed by atoms with E-state index < -0.39 is 10.1 Å². The maximum Gasteiger partial charge on any atom is 0.295 e. The van der Waals surface area contributed by atoms with Crippen molar-refractivity contribution in [1.29, 1.82) is 0 Å². The van der Waals surface area contributed by atoms with Gasteiger partial charge in [0.05, 0.1) is 0 Å². The minimum atomic E-state index is -4.22. The molecule has 0 aliphatic heterocycles. The topological polar surface area (TPSA) is 54.4 Å². The Bertz CT molecular complexity index is 943. The van der Waals surface area contributed by atoms with Crippen molar-refractivity contribution in [1.82, 2.24) is 0 Å². The van der Waals surface area contributed by atoms with Crippen molar-refractivity contribution < 1.29 is 13.0 Å². The zero-order chi connectivity index (χ0) is 13.9. The molecule has 3 aromatic rings. The molecule has 0 amide bonds. The molecule has 0 saturated carbocycles. The highest BCUT2D eigenvalue weighted by Crippen LogP contribution is 2.48. The molecule has 0 heterocycles. The van der Waals surface area contributed by atoms with Crippen LogP contribution < -0.4 is 0 Å². The fourth-order valence-electron chi connectivity index (χ4n) is 3.01. The van der Waals surface area contributed by atoms with E-state index >= 15 is 0 Å². The minimum Gasteiger partial charge on any atom is -0.282 e. The molecule has 0 radical (unpaired) electrons. The summed E-state index contributed by atoms with van der Waals surface area (Å²) < 4.78 is 32.4. The summed E-state index contributed by atoms with van der Waals surface area (Å²) >= 11 is 0. The second-order valence-electron chi connectivity index (χ2n) is 4.86. The molecule has 1 aliphatic carbocycles. The van der Waals surface area contributed by atoms with Crippen LogP contribution in [0.1, 0.15) is 0 Å². The molecule has 0 bridgehead atoms. The van der Waals surface area contributed by atoms with Crippen LogP contribution in [0.2, 0.25) is 0 Å². The van der Waals surface area contributed by atoms with Crippen LogP contribution in [0.3, 0.4) is 0 Å². The Kier molecular flexibility index (Phi) is 2.14. The van der Waals surface area contributed by atoms with Crippen LogP contribution in [0.4, 0.5) is 0 Å². The van der Waals surface area contributed by atoms with Crippen LogP contribution in [0.15, 0.2) is 59.5 Å². The summed E-state index contributed by atoms with van der Waals surface area (Å²) in [4.78, 5) is -0.0362. The lowest BCUT2D eigenvalue weighted by atomic mass is 10.0. The van der Waals surface area contributed by atoms with E-state index in [9.17, 15) is 13.0 Å². The van der Waals surface area contributed by atoms with E-state index in [1.165, 1.54) is 6.07 Å². The summed E-state index contributed by atoms with van der Waals surface area (Å²) in [5.41, 5.74) is 4.22. The molecule has 20 heavy (non-hydrogen) atoms. The molecule has 4 rings (SSSR count). The maximum atomic E-state index is 11.5. The van der Waals surface area contributed by atoms with Gasteiger partial charge in [-0.25, -0.2) is 0 Å². The van der Waals surface area contributed by atoms with Crippen molar-refractivity contribution in [2.75, 3.05) is 0 Å². The first kappa shape index (κ1) is 11.6.